The van der Waals surface area contributed by atoms with E-state index in [4.69, 9.17) is 9.47 Å². The molecule has 0 aliphatic rings. The molecule has 0 bridgehead atoms. The highest BCUT2D eigenvalue weighted by atomic mass is 16.6. The number of anilines is 1. The monoisotopic (exact) mass is 369 g/mol. The minimum Gasteiger partial charge on any atom is -0.497 e. The second-order valence-corrected chi connectivity index (χ2v) is 7.22. The van der Waals surface area contributed by atoms with Crippen LogP contribution < -0.4 is 9.64 Å². The van der Waals surface area contributed by atoms with Crippen molar-refractivity contribution in [3.8, 4) is 5.75 Å². The highest BCUT2D eigenvalue weighted by Crippen LogP contribution is 2.33. The number of hydrogen-bond donors (Lipinski definition) is 0. The Morgan fingerprint density at radius 1 is 1.07 bits per heavy atom. The fourth-order valence-electron chi connectivity index (χ4n) is 2.81. The van der Waals surface area contributed by atoms with E-state index in [0.717, 1.165) is 11.8 Å². The van der Waals surface area contributed by atoms with Gasteiger partial charge < -0.3 is 14.3 Å². The van der Waals surface area contributed by atoms with E-state index in [1.807, 2.05) is 63.2 Å². The van der Waals surface area contributed by atoms with Crippen molar-refractivity contribution in [2.24, 2.45) is 0 Å². The van der Waals surface area contributed by atoms with E-state index in [0.29, 0.717) is 24.3 Å². The molecule has 0 aromatic heterocycles. The van der Waals surface area contributed by atoms with Gasteiger partial charge in [-0.05, 0) is 57.0 Å². The molecule has 0 aliphatic heterocycles. The van der Waals surface area contributed by atoms with Crippen LogP contribution in [0, 0.1) is 0 Å². The zero-order valence-corrected chi connectivity index (χ0v) is 16.3. The van der Waals surface area contributed by atoms with Gasteiger partial charge in [0.1, 0.15) is 17.6 Å². The van der Waals surface area contributed by atoms with Gasteiger partial charge in [-0.2, -0.15) is 0 Å². The molecule has 0 spiro atoms. The van der Waals surface area contributed by atoms with Gasteiger partial charge in [-0.3, -0.25) is 4.90 Å². The van der Waals surface area contributed by atoms with E-state index >= 15 is 0 Å². The standard InChI is InChI=1S/C22H27NO4/c1-22(2,3)27-21(25)23(18-12-14-19(26-4)15-13-18)20(11-8-16-24)17-9-6-5-7-10-17/h5-7,9-10,12-16,20H,8,11H2,1-4H3/t20-/m0/s1. The molecule has 0 saturated carbocycles. The number of hydrogen-bond acceptors (Lipinski definition) is 4. The van der Waals surface area contributed by atoms with Crippen LogP contribution in [-0.4, -0.2) is 25.1 Å². The van der Waals surface area contributed by atoms with Gasteiger partial charge in [-0.25, -0.2) is 4.79 Å². The lowest BCUT2D eigenvalue weighted by molar-refractivity contribution is -0.108. The van der Waals surface area contributed by atoms with Crippen molar-refractivity contribution in [2.45, 2.75) is 45.3 Å². The quantitative estimate of drug-likeness (QED) is 0.633. The van der Waals surface area contributed by atoms with Crippen LogP contribution in [0.5, 0.6) is 5.75 Å². The summed E-state index contributed by atoms with van der Waals surface area (Å²) in [5.41, 5.74) is 0.999. The van der Waals surface area contributed by atoms with Crippen LogP contribution in [0.25, 0.3) is 0 Å². The Labute approximate surface area is 160 Å². The van der Waals surface area contributed by atoms with Crippen LogP contribution in [0.4, 0.5) is 10.5 Å². The van der Waals surface area contributed by atoms with E-state index in [-0.39, 0.29) is 6.04 Å². The highest BCUT2D eigenvalue weighted by molar-refractivity contribution is 5.89. The van der Waals surface area contributed by atoms with Gasteiger partial charge in [0, 0.05) is 12.1 Å². The maximum absolute atomic E-state index is 13.1. The zero-order valence-electron chi connectivity index (χ0n) is 16.3. The molecule has 5 nitrogen and oxygen atoms in total. The number of aldehydes is 1. The fraction of sp³-hybridized carbons (Fsp3) is 0.364. The lowest BCUT2D eigenvalue weighted by Crippen LogP contribution is -2.39. The second-order valence-electron chi connectivity index (χ2n) is 7.22. The number of amides is 1. The zero-order chi connectivity index (χ0) is 19.9. The fourth-order valence-corrected chi connectivity index (χ4v) is 2.81. The van der Waals surface area contributed by atoms with Crippen molar-refractivity contribution in [3.63, 3.8) is 0 Å². The molecular formula is C22H27NO4. The van der Waals surface area contributed by atoms with Crippen molar-refractivity contribution in [2.75, 3.05) is 12.0 Å². The average Bonchev–Trinajstić information content (AvgIpc) is 2.64. The predicted molar refractivity (Wildman–Crippen MR) is 106 cm³/mol. The SMILES string of the molecule is COc1ccc(N(C(=O)OC(C)(C)C)[C@@H](CCC=O)c2ccccc2)cc1. The molecular weight excluding hydrogens is 342 g/mol. The van der Waals surface area contributed by atoms with Gasteiger partial charge in [0.2, 0.25) is 0 Å². The summed E-state index contributed by atoms with van der Waals surface area (Å²) in [5, 5.41) is 0. The maximum atomic E-state index is 13.1. The first-order valence-electron chi connectivity index (χ1n) is 9.00. The Balaban J connectivity index is 2.48. The molecule has 1 atom stereocenters. The van der Waals surface area contributed by atoms with E-state index in [9.17, 15) is 9.59 Å². The molecule has 0 heterocycles. The Morgan fingerprint density at radius 2 is 1.70 bits per heavy atom. The van der Waals surface area contributed by atoms with Crippen molar-refractivity contribution >= 4 is 18.1 Å². The van der Waals surface area contributed by atoms with Crippen LogP contribution in [0.1, 0.15) is 45.2 Å². The van der Waals surface area contributed by atoms with Gasteiger partial charge in [0.15, 0.2) is 0 Å². The van der Waals surface area contributed by atoms with Crippen molar-refractivity contribution in [1.29, 1.82) is 0 Å². The highest BCUT2D eigenvalue weighted by Gasteiger charge is 2.30. The normalized spacial score (nSPS) is 12.1. The predicted octanol–water partition coefficient (Wildman–Crippen LogP) is 5.16. The summed E-state index contributed by atoms with van der Waals surface area (Å²) in [7, 11) is 1.59. The minimum atomic E-state index is -0.631. The number of ether oxygens (including phenoxy) is 2. The summed E-state index contributed by atoms with van der Waals surface area (Å²) in [4.78, 5) is 25.7. The molecule has 27 heavy (non-hydrogen) atoms. The second kappa shape index (κ2) is 9.21. The number of carbonyl (C=O) groups is 2. The molecule has 2 aromatic carbocycles. The molecule has 144 valence electrons. The summed E-state index contributed by atoms with van der Waals surface area (Å²) in [6, 6.07) is 16.6. The molecule has 5 heteroatoms. The lowest BCUT2D eigenvalue weighted by Gasteiger charge is -2.34. The molecule has 2 rings (SSSR count). The van der Waals surface area contributed by atoms with Gasteiger partial charge in [-0.1, -0.05) is 30.3 Å². The lowest BCUT2D eigenvalue weighted by atomic mass is 10.00. The first-order valence-corrected chi connectivity index (χ1v) is 9.00. The summed E-state index contributed by atoms with van der Waals surface area (Å²) >= 11 is 0. The number of nitrogens with zero attached hydrogens (tertiary/aromatic N) is 1. The molecule has 0 saturated heterocycles. The smallest absolute Gasteiger partial charge is 0.415 e. The summed E-state index contributed by atoms with van der Waals surface area (Å²) in [6.45, 7) is 5.50. The number of carbonyl (C=O) groups excluding carboxylic acids is 2. The van der Waals surface area contributed by atoms with Crippen LogP contribution in [0.15, 0.2) is 54.6 Å². The summed E-state index contributed by atoms with van der Waals surface area (Å²) in [5.74, 6) is 0.701. The molecule has 0 aliphatic carbocycles. The third-order valence-corrected chi connectivity index (χ3v) is 3.99. The van der Waals surface area contributed by atoms with Crippen molar-refractivity contribution in [3.05, 3.63) is 60.2 Å². The van der Waals surface area contributed by atoms with Gasteiger partial charge in [0.05, 0.1) is 13.2 Å². The number of benzene rings is 2. The molecule has 1 amide bonds. The Bertz CT molecular complexity index is 735. The summed E-state index contributed by atoms with van der Waals surface area (Å²) in [6.07, 6.45) is 1.26. The van der Waals surface area contributed by atoms with E-state index in [2.05, 4.69) is 0 Å². The van der Waals surface area contributed by atoms with E-state index in [1.54, 1.807) is 24.1 Å². The molecule has 0 radical (unpaired) electrons. The van der Waals surface area contributed by atoms with Gasteiger partial charge >= 0.3 is 6.09 Å². The minimum absolute atomic E-state index is 0.320. The van der Waals surface area contributed by atoms with Gasteiger partial charge in [0.25, 0.3) is 0 Å². The first kappa shape index (κ1) is 20.5. The third-order valence-electron chi connectivity index (χ3n) is 3.99. The topological polar surface area (TPSA) is 55.8 Å². The number of methoxy groups -OCH3 is 1. The summed E-state index contributed by atoms with van der Waals surface area (Å²) < 4.78 is 10.9. The Kier molecular flexibility index (Phi) is 6.99. The van der Waals surface area contributed by atoms with E-state index < -0.39 is 11.7 Å². The average molecular weight is 369 g/mol. The molecule has 2 aromatic rings. The molecule has 0 unspecified atom stereocenters. The van der Waals surface area contributed by atoms with Gasteiger partial charge in [-0.15, -0.1) is 0 Å². The largest absolute Gasteiger partial charge is 0.497 e. The number of rotatable bonds is 7. The van der Waals surface area contributed by atoms with Crippen molar-refractivity contribution < 1.29 is 19.1 Å². The molecule has 0 N–H and O–H groups in total. The third kappa shape index (κ3) is 5.84. The van der Waals surface area contributed by atoms with Crippen LogP contribution in [0.3, 0.4) is 0 Å². The van der Waals surface area contributed by atoms with Crippen LogP contribution >= 0.6 is 0 Å². The van der Waals surface area contributed by atoms with Crippen LogP contribution in [0.2, 0.25) is 0 Å². The van der Waals surface area contributed by atoms with Crippen LogP contribution in [-0.2, 0) is 9.53 Å². The Morgan fingerprint density at radius 3 is 2.22 bits per heavy atom. The maximum Gasteiger partial charge on any atom is 0.415 e. The van der Waals surface area contributed by atoms with E-state index in [1.165, 1.54) is 0 Å². The van der Waals surface area contributed by atoms with Crippen molar-refractivity contribution in [1.82, 2.24) is 0 Å². The Hall–Kier alpha value is -2.82. The molecule has 0 fully saturated rings. The first-order chi connectivity index (χ1) is 12.9.